The molecule has 0 amide bonds. The number of hydrogen-bond acceptors (Lipinski definition) is 2. The fraction of sp³-hybridized carbons (Fsp3) is 0.118. The van der Waals surface area contributed by atoms with E-state index in [0.717, 1.165) is 22.6 Å². The maximum atomic E-state index is 5.97. The fourth-order valence-electron chi connectivity index (χ4n) is 1.68. The number of aliphatic imine (C=N–C) groups is 1. The predicted octanol–water partition coefficient (Wildman–Crippen LogP) is 4.41. The lowest BCUT2D eigenvalue weighted by molar-refractivity contribution is 0.370. The van der Waals surface area contributed by atoms with E-state index < -0.39 is 0 Å². The van der Waals surface area contributed by atoms with Crippen LogP contribution in [0.4, 0.5) is 5.69 Å². The van der Waals surface area contributed by atoms with Gasteiger partial charge in [-0.25, -0.2) is 0 Å². The average molecular weight is 284 g/mol. The molecule has 20 heavy (non-hydrogen) atoms. The van der Waals surface area contributed by atoms with Crippen LogP contribution in [0.2, 0.25) is 5.02 Å². The van der Waals surface area contributed by atoms with E-state index in [2.05, 4.69) is 10.9 Å². The van der Waals surface area contributed by atoms with Crippen molar-refractivity contribution in [2.24, 2.45) is 4.99 Å². The molecular weight excluding hydrogens is 270 g/mol. The molecule has 2 aromatic carbocycles. The molecule has 0 fully saturated rings. The van der Waals surface area contributed by atoms with Gasteiger partial charge in [-0.1, -0.05) is 35.7 Å². The molecule has 2 aromatic rings. The molecule has 0 bridgehead atoms. The van der Waals surface area contributed by atoms with Crippen LogP contribution in [0.25, 0.3) is 0 Å². The van der Waals surface area contributed by atoms with Gasteiger partial charge in [0.2, 0.25) is 0 Å². The van der Waals surface area contributed by atoms with Crippen molar-refractivity contribution in [2.45, 2.75) is 6.92 Å². The van der Waals surface area contributed by atoms with Crippen LogP contribution in [0.15, 0.2) is 47.5 Å². The Morgan fingerprint density at radius 1 is 1.30 bits per heavy atom. The van der Waals surface area contributed by atoms with Gasteiger partial charge in [0.05, 0.1) is 5.69 Å². The molecule has 0 radical (unpaired) electrons. The van der Waals surface area contributed by atoms with Crippen LogP contribution in [0, 0.1) is 19.3 Å². The fourth-order valence-corrected chi connectivity index (χ4v) is 1.84. The second-order valence-electron chi connectivity index (χ2n) is 4.25. The van der Waals surface area contributed by atoms with Crippen LogP contribution in [0.1, 0.15) is 11.1 Å². The van der Waals surface area contributed by atoms with Gasteiger partial charge in [-0.2, -0.15) is 0 Å². The summed E-state index contributed by atoms with van der Waals surface area (Å²) in [6.45, 7) is 2.25. The van der Waals surface area contributed by atoms with Gasteiger partial charge in [-0.05, 0) is 42.3 Å². The lowest BCUT2D eigenvalue weighted by atomic mass is 10.2. The zero-order valence-corrected chi connectivity index (χ0v) is 11.9. The van der Waals surface area contributed by atoms with Gasteiger partial charge in [0, 0.05) is 11.2 Å². The SMILES string of the molecule is C#CCOc1cccc(C=Nc2cc(Cl)ccc2C)c1. The Morgan fingerprint density at radius 3 is 2.95 bits per heavy atom. The second-order valence-corrected chi connectivity index (χ2v) is 4.69. The summed E-state index contributed by atoms with van der Waals surface area (Å²) in [4.78, 5) is 4.45. The van der Waals surface area contributed by atoms with Crippen LogP contribution in [0.3, 0.4) is 0 Å². The summed E-state index contributed by atoms with van der Waals surface area (Å²) in [6, 6.07) is 13.2. The number of hydrogen-bond donors (Lipinski definition) is 0. The second kappa shape index (κ2) is 6.79. The molecule has 0 aliphatic heterocycles. The van der Waals surface area contributed by atoms with Crippen LogP contribution in [-0.4, -0.2) is 12.8 Å². The van der Waals surface area contributed by atoms with Crippen LogP contribution < -0.4 is 4.74 Å². The van der Waals surface area contributed by atoms with E-state index in [1.807, 2.05) is 49.4 Å². The molecule has 0 saturated heterocycles. The number of rotatable bonds is 4. The largest absolute Gasteiger partial charge is 0.481 e. The normalized spacial score (nSPS) is 10.4. The van der Waals surface area contributed by atoms with Crippen molar-refractivity contribution in [3.8, 4) is 18.1 Å². The van der Waals surface area contributed by atoms with Crippen molar-refractivity contribution in [3.63, 3.8) is 0 Å². The van der Waals surface area contributed by atoms with Crippen molar-refractivity contribution >= 4 is 23.5 Å². The van der Waals surface area contributed by atoms with Crippen LogP contribution in [-0.2, 0) is 0 Å². The Morgan fingerprint density at radius 2 is 2.15 bits per heavy atom. The molecule has 0 atom stereocenters. The molecule has 0 spiro atoms. The van der Waals surface area contributed by atoms with Crippen molar-refractivity contribution in [1.82, 2.24) is 0 Å². The van der Waals surface area contributed by atoms with E-state index in [9.17, 15) is 0 Å². The number of nitrogens with zero attached hydrogens (tertiary/aromatic N) is 1. The third kappa shape index (κ3) is 3.88. The average Bonchev–Trinajstić information content (AvgIpc) is 2.46. The number of terminal acetylenes is 1. The molecule has 2 nitrogen and oxygen atoms in total. The summed E-state index contributed by atoms with van der Waals surface area (Å²) in [6.07, 6.45) is 6.95. The molecule has 0 N–H and O–H groups in total. The Kier molecular flexibility index (Phi) is 4.81. The molecule has 0 aliphatic rings. The summed E-state index contributed by atoms with van der Waals surface area (Å²) in [5, 5.41) is 0.675. The van der Waals surface area contributed by atoms with Crippen LogP contribution >= 0.6 is 11.6 Å². The minimum atomic E-state index is 0.258. The summed E-state index contributed by atoms with van der Waals surface area (Å²) in [7, 11) is 0. The van der Waals surface area contributed by atoms with Gasteiger partial charge < -0.3 is 4.74 Å². The molecule has 0 aromatic heterocycles. The summed E-state index contributed by atoms with van der Waals surface area (Å²) in [5.41, 5.74) is 2.87. The Labute approximate surface area is 124 Å². The highest BCUT2D eigenvalue weighted by molar-refractivity contribution is 6.30. The minimum Gasteiger partial charge on any atom is -0.481 e. The van der Waals surface area contributed by atoms with Gasteiger partial charge >= 0.3 is 0 Å². The van der Waals surface area contributed by atoms with Gasteiger partial charge in [0.15, 0.2) is 0 Å². The summed E-state index contributed by atoms with van der Waals surface area (Å²) in [5.74, 6) is 3.17. The third-order valence-corrected chi connectivity index (χ3v) is 2.94. The summed E-state index contributed by atoms with van der Waals surface area (Å²) < 4.78 is 5.37. The smallest absolute Gasteiger partial charge is 0.148 e. The van der Waals surface area contributed by atoms with Crippen molar-refractivity contribution in [3.05, 3.63) is 58.6 Å². The quantitative estimate of drug-likeness (QED) is 0.601. The molecule has 0 aliphatic carbocycles. The molecule has 0 unspecified atom stereocenters. The van der Waals surface area contributed by atoms with E-state index in [4.69, 9.17) is 22.8 Å². The maximum absolute atomic E-state index is 5.97. The van der Waals surface area contributed by atoms with E-state index in [0.29, 0.717) is 5.02 Å². The molecule has 0 heterocycles. The van der Waals surface area contributed by atoms with E-state index >= 15 is 0 Å². The number of halogens is 1. The van der Waals surface area contributed by atoms with Crippen LogP contribution in [0.5, 0.6) is 5.75 Å². The number of aryl methyl sites for hydroxylation is 1. The van der Waals surface area contributed by atoms with E-state index in [1.165, 1.54) is 0 Å². The van der Waals surface area contributed by atoms with Crippen molar-refractivity contribution in [1.29, 1.82) is 0 Å². The Hall–Kier alpha value is -2.24. The zero-order valence-electron chi connectivity index (χ0n) is 11.1. The highest BCUT2D eigenvalue weighted by Gasteiger charge is 1.98. The highest BCUT2D eigenvalue weighted by Crippen LogP contribution is 2.23. The monoisotopic (exact) mass is 283 g/mol. The van der Waals surface area contributed by atoms with E-state index in [-0.39, 0.29) is 6.61 Å². The number of ether oxygens (including phenoxy) is 1. The van der Waals surface area contributed by atoms with Gasteiger partial charge in [0.1, 0.15) is 12.4 Å². The highest BCUT2D eigenvalue weighted by atomic mass is 35.5. The third-order valence-electron chi connectivity index (χ3n) is 2.70. The molecule has 0 saturated carbocycles. The molecule has 100 valence electrons. The van der Waals surface area contributed by atoms with Crippen molar-refractivity contribution in [2.75, 3.05) is 6.61 Å². The van der Waals surface area contributed by atoms with Crippen molar-refractivity contribution < 1.29 is 4.74 Å². The molecule has 2 rings (SSSR count). The Bertz CT molecular complexity index is 671. The molecule has 3 heteroatoms. The first-order valence-corrected chi connectivity index (χ1v) is 6.53. The first kappa shape index (κ1) is 14.2. The molecular formula is C17H14ClNO. The van der Waals surface area contributed by atoms with E-state index in [1.54, 1.807) is 6.21 Å². The Balaban J connectivity index is 2.19. The van der Waals surface area contributed by atoms with Gasteiger partial charge in [0.25, 0.3) is 0 Å². The topological polar surface area (TPSA) is 21.6 Å². The predicted molar refractivity (Wildman–Crippen MR) is 84.2 cm³/mol. The first-order valence-electron chi connectivity index (χ1n) is 6.15. The minimum absolute atomic E-state index is 0.258. The lowest BCUT2D eigenvalue weighted by Gasteiger charge is -2.03. The summed E-state index contributed by atoms with van der Waals surface area (Å²) >= 11 is 5.97. The van der Waals surface area contributed by atoms with Gasteiger partial charge in [-0.3, -0.25) is 4.99 Å². The number of benzene rings is 2. The maximum Gasteiger partial charge on any atom is 0.148 e. The zero-order chi connectivity index (χ0) is 14.4. The standard InChI is InChI=1S/C17H14ClNO/c1-3-9-20-16-6-4-5-14(10-16)12-19-17-11-15(18)8-7-13(17)2/h1,4-8,10-12H,9H2,2H3. The van der Waals surface area contributed by atoms with Gasteiger partial charge in [-0.15, -0.1) is 6.42 Å². The lowest BCUT2D eigenvalue weighted by Crippen LogP contribution is -1.93. The first-order chi connectivity index (χ1) is 9.69.